The summed E-state index contributed by atoms with van der Waals surface area (Å²) in [7, 11) is -4.64. The lowest BCUT2D eigenvalue weighted by molar-refractivity contribution is -0.137. The third-order valence-electron chi connectivity index (χ3n) is 1.09. The van der Waals surface area contributed by atoms with Crippen LogP contribution in [0.1, 0.15) is 6.92 Å². The fourth-order valence-electron chi connectivity index (χ4n) is 0.263. The van der Waals surface area contributed by atoms with Crippen molar-refractivity contribution < 1.29 is 39.4 Å². The molecule has 0 aromatic heterocycles. The van der Waals surface area contributed by atoms with Gasteiger partial charge in [0.25, 0.3) is 0 Å². The number of phosphoric acid groups is 1. The molecule has 0 fully saturated rings. The monoisotopic (exact) mass is 232 g/mol. The van der Waals surface area contributed by atoms with E-state index in [4.69, 9.17) is 34.6 Å². The molecule has 9 heteroatoms. The molecule has 0 heterocycles. The summed E-state index contributed by atoms with van der Waals surface area (Å²) >= 11 is 0. The quantitative estimate of drug-likeness (QED) is 0.228. The molecule has 0 aliphatic rings. The van der Waals surface area contributed by atoms with Gasteiger partial charge in [-0.1, -0.05) is 0 Å². The van der Waals surface area contributed by atoms with Crippen LogP contribution in [0.2, 0.25) is 0 Å². The predicted octanol–water partition coefficient (Wildman–Crippen LogP) is -2.64. The van der Waals surface area contributed by atoms with E-state index in [1.807, 2.05) is 0 Å². The van der Waals surface area contributed by atoms with Crippen molar-refractivity contribution in [2.45, 2.75) is 18.6 Å². The lowest BCUT2D eigenvalue weighted by Gasteiger charge is -2.20. The SMILES string of the molecule is CC(O)(C=O)C(O)CO.O=P(O)(O)O. The van der Waals surface area contributed by atoms with Crippen LogP contribution in [0.3, 0.4) is 0 Å². The Morgan fingerprint density at radius 2 is 1.71 bits per heavy atom. The Kier molecular flexibility index (Phi) is 7.13. The van der Waals surface area contributed by atoms with E-state index in [0.717, 1.165) is 6.92 Å². The van der Waals surface area contributed by atoms with Crippen molar-refractivity contribution in [2.24, 2.45) is 0 Å². The molecule has 6 N–H and O–H groups in total. The Balaban J connectivity index is 0. The molecule has 14 heavy (non-hydrogen) atoms. The summed E-state index contributed by atoms with van der Waals surface area (Å²) in [4.78, 5) is 31.5. The Morgan fingerprint density at radius 1 is 1.43 bits per heavy atom. The summed E-state index contributed by atoms with van der Waals surface area (Å²) in [6.07, 6.45) is -1.21. The van der Waals surface area contributed by atoms with Crippen LogP contribution in [0.15, 0.2) is 0 Å². The Bertz CT molecular complexity index is 200. The fraction of sp³-hybridized carbons (Fsp3) is 0.800. The minimum atomic E-state index is -4.64. The molecule has 0 saturated heterocycles. The molecule has 0 spiro atoms. The van der Waals surface area contributed by atoms with Gasteiger partial charge in [0, 0.05) is 0 Å². The summed E-state index contributed by atoms with van der Waals surface area (Å²) in [6, 6.07) is 0. The molecule has 0 amide bonds. The number of hydrogen-bond donors (Lipinski definition) is 6. The highest BCUT2D eigenvalue weighted by atomic mass is 31.2. The zero-order valence-corrected chi connectivity index (χ0v) is 8.20. The molecule has 0 aliphatic carbocycles. The first-order valence-electron chi connectivity index (χ1n) is 3.30. The number of carbonyl (C=O) groups is 1. The van der Waals surface area contributed by atoms with Crippen molar-refractivity contribution in [1.29, 1.82) is 0 Å². The van der Waals surface area contributed by atoms with Gasteiger partial charge in [-0.05, 0) is 6.92 Å². The van der Waals surface area contributed by atoms with Gasteiger partial charge in [0.05, 0.1) is 6.61 Å². The van der Waals surface area contributed by atoms with Crippen LogP contribution in [0, 0.1) is 0 Å². The number of aliphatic hydroxyl groups is 3. The van der Waals surface area contributed by atoms with Crippen LogP contribution in [-0.2, 0) is 9.36 Å². The number of carbonyl (C=O) groups excluding carboxylic acids is 1. The van der Waals surface area contributed by atoms with E-state index < -0.39 is 26.1 Å². The third kappa shape index (κ3) is 11.7. The van der Waals surface area contributed by atoms with Gasteiger partial charge in [0.2, 0.25) is 0 Å². The standard InChI is InChI=1S/C5H10O4.H3O4P/c1-5(9,3-7)4(8)2-6;1-5(2,3)4/h3-4,6,8-9H,2H2,1H3;(H3,1,2,3,4). The Morgan fingerprint density at radius 3 is 1.79 bits per heavy atom. The normalized spacial score (nSPS) is 17.4. The second-order valence-corrected chi connectivity index (χ2v) is 3.58. The molecule has 2 unspecified atom stereocenters. The maximum atomic E-state index is 9.91. The molecule has 86 valence electrons. The molecule has 0 bridgehead atoms. The lowest BCUT2D eigenvalue weighted by Crippen LogP contribution is -2.42. The first-order chi connectivity index (χ1) is 6.04. The molecule has 0 aromatic rings. The first-order valence-corrected chi connectivity index (χ1v) is 4.87. The molecule has 8 nitrogen and oxygen atoms in total. The maximum absolute atomic E-state index is 9.91. The van der Waals surface area contributed by atoms with Crippen molar-refractivity contribution in [3.05, 3.63) is 0 Å². The second-order valence-electron chi connectivity index (χ2n) is 2.56. The number of aldehydes is 1. The van der Waals surface area contributed by atoms with Crippen LogP contribution in [0.4, 0.5) is 0 Å². The van der Waals surface area contributed by atoms with E-state index in [-0.39, 0.29) is 6.29 Å². The van der Waals surface area contributed by atoms with E-state index >= 15 is 0 Å². The Hall–Kier alpha value is -0.340. The van der Waals surface area contributed by atoms with Crippen LogP contribution in [0.5, 0.6) is 0 Å². The predicted molar refractivity (Wildman–Crippen MR) is 44.0 cm³/mol. The number of rotatable bonds is 3. The van der Waals surface area contributed by atoms with E-state index in [2.05, 4.69) is 0 Å². The average molecular weight is 232 g/mol. The molecule has 0 aliphatic heterocycles. The van der Waals surface area contributed by atoms with Crippen molar-refractivity contribution in [2.75, 3.05) is 6.61 Å². The van der Waals surface area contributed by atoms with Gasteiger partial charge in [0.15, 0.2) is 6.29 Å². The van der Waals surface area contributed by atoms with E-state index in [0.29, 0.717) is 0 Å². The highest BCUT2D eigenvalue weighted by Crippen LogP contribution is 2.25. The molecular formula is C5H13O8P. The summed E-state index contributed by atoms with van der Waals surface area (Å²) in [5.74, 6) is 0. The van der Waals surface area contributed by atoms with Crippen LogP contribution in [0.25, 0.3) is 0 Å². The zero-order valence-electron chi connectivity index (χ0n) is 7.31. The smallest absolute Gasteiger partial charge is 0.394 e. The van der Waals surface area contributed by atoms with E-state index in [1.54, 1.807) is 0 Å². The van der Waals surface area contributed by atoms with Crippen molar-refractivity contribution in [3.8, 4) is 0 Å². The lowest BCUT2D eigenvalue weighted by atomic mass is 10.0. The summed E-state index contributed by atoms with van der Waals surface area (Å²) in [5, 5.41) is 25.7. The van der Waals surface area contributed by atoms with Gasteiger partial charge < -0.3 is 34.8 Å². The van der Waals surface area contributed by atoms with Crippen LogP contribution in [-0.4, -0.2) is 54.6 Å². The van der Waals surface area contributed by atoms with Gasteiger partial charge in [-0.2, -0.15) is 0 Å². The number of hydrogen-bond acceptors (Lipinski definition) is 5. The summed E-state index contributed by atoms with van der Waals surface area (Å²) < 4.78 is 8.88. The largest absolute Gasteiger partial charge is 0.466 e. The highest BCUT2D eigenvalue weighted by molar-refractivity contribution is 7.45. The average Bonchev–Trinajstić information content (AvgIpc) is 2.00. The van der Waals surface area contributed by atoms with Gasteiger partial charge in [0.1, 0.15) is 11.7 Å². The molecule has 0 radical (unpaired) electrons. The number of aliphatic hydroxyl groups excluding tert-OH is 2. The minimum absolute atomic E-state index is 0.188. The molecule has 0 saturated carbocycles. The topological polar surface area (TPSA) is 156 Å². The molecule has 0 aromatic carbocycles. The zero-order chi connectivity index (χ0) is 12.0. The van der Waals surface area contributed by atoms with Crippen molar-refractivity contribution >= 4 is 14.1 Å². The highest BCUT2D eigenvalue weighted by Gasteiger charge is 2.28. The molecule has 2 atom stereocenters. The van der Waals surface area contributed by atoms with Crippen LogP contribution >= 0.6 is 7.82 Å². The van der Waals surface area contributed by atoms with Gasteiger partial charge in [-0.15, -0.1) is 0 Å². The Labute approximate surface area is 79.7 Å². The maximum Gasteiger partial charge on any atom is 0.466 e. The first kappa shape index (κ1) is 16.1. The van der Waals surface area contributed by atoms with Crippen LogP contribution < -0.4 is 0 Å². The molecule has 0 rings (SSSR count). The van der Waals surface area contributed by atoms with Gasteiger partial charge >= 0.3 is 7.82 Å². The van der Waals surface area contributed by atoms with Crippen molar-refractivity contribution in [1.82, 2.24) is 0 Å². The minimum Gasteiger partial charge on any atom is -0.394 e. The van der Waals surface area contributed by atoms with Gasteiger partial charge in [-0.3, -0.25) is 0 Å². The van der Waals surface area contributed by atoms with E-state index in [1.165, 1.54) is 0 Å². The fourth-order valence-corrected chi connectivity index (χ4v) is 0.263. The third-order valence-corrected chi connectivity index (χ3v) is 1.09. The second kappa shape index (κ2) is 6.20. The molecular weight excluding hydrogens is 219 g/mol. The van der Waals surface area contributed by atoms with Crippen molar-refractivity contribution in [3.63, 3.8) is 0 Å². The summed E-state index contributed by atoms with van der Waals surface area (Å²) in [5.41, 5.74) is -1.82. The van der Waals surface area contributed by atoms with Gasteiger partial charge in [-0.25, -0.2) is 4.57 Å². The summed E-state index contributed by atoms with van der Waals surface area (Å²) in [6.45, 7) is 0.507. The van der Waals surface area contributed by atoms with E-state index in [9.17, 15) is 4.79 Å².